The van der Waals surface area contributed by atoms with Crippen molar-refractivity contribution in [3.8, 4) is 17.1 Å². The molecule has 0 aliphatic heterocycles. The van der Waals surface area contributed by atoms with Crippen LogP contribution in [0.2, 0.25) is 0 Å². The number of nitrogen functional groups attached to an aromatic ring is 1. The van der Waals surface area contributed by atoms with Crippen LogP contribution in [0.15, 0.2) is 28.9 Å². The average Bonchev–Trinajstić information content (AvgIpc) is 3.07. The highest BCUT2D eigenvalue weighted by Gasteiger charge is 2.17. The maximum atomic E-state index is 5.87. The van der Waals surface area contributed by atoms with Crippen molar-refractivity contribution in [2.24, 2.45) is 7.05 Å². The fourth-order valence-corrected chi connectivity index (χ4v) is 2.61. The van der Waals surface area contributed by atoms with Crippen LogP contribution in [0.5, 0.6) is 0 Å². The number of aromatic nitrogens is 6. The standard InChI is InChI=1S/C13H14BrN7/c1-3-11-12(7-20(2)17-11)21-13(16-18-19-21)9-6-8(15)4-5-10(9)14/h4-7H,3,15H2,1-2H3. The number of hydrogen-bond acceptors (Lipinski definition) is 5. The molecular weight excluding hydrogens is 334 g/mol. The Morgan fingerprint density at radius 3 is 2.90 bits per heavy atom. The van der Waals surface area contributed by atoms with Gasteiger partial charge in [-0.25, -0.2) is 0 Å². The van der Waals surface area contributed by atoms with Crippen molar-refractivity contribution < 1.29 is 0 Å². The van der Waals surface area contributed by atoms with E-state index in [1.165, 1.54) is 0 Å². The Labute approximate surface area is 129 Å². The molecule has 2 N–H and O–H groups in total. The molecule has 0 bridgehead atoms. The lowest BCUT2D eigenvalue weighted by Gasteiger charge is -2.06. The predicted molar refractivity (Wildman–Crippen MR) is 82.8 cm³/mol. The molecule has 0 saturated heterocycles. The van der Waals surface area contributed by atoms with Crippen molar-refractivity contribution in [1.29, 1.82) is 0 Å². The van der Waals surface area contributed by atoms with Gasteiger partial charge in [0.2, 0.25) is 0 Å². The van der Waals surface area contributed by atoms with Crippen LogP contribution in [0.25, 0.3) is 17.1 Å². The van der Waals surface area contributed by atoms with E-state index in [2.05, 4.69) is 36.6 Å². The van der Waals surface area contributed by atoms with Crippen LogP contribution in [0.4, 0.5) is 5.69 Å². The second-order valence-corrected chi connectivity index (χ2v) is 5.50. The average molecular weight is 348 g/mol. The summed E-state index contributed by atoms with van der Waals surface area (Å²) in [5.41, 5.74) is 9.17. The van der Waals surface area contributed by atoms with Gasteiger partial charge >= 0.3 is 0 Å². The first-order valence-electron chi connectivity index (χ1n) is 6.46. The van der Waals surface area contributed by atoms with E-state index in [1.54, 1.807) is 9.36 Å². The largest absolute Gasteiger partial charge is 0.399 e. The maximum absolute atomic E-state index is 5.87. The number of rotatable bonds is 3. The molecule has 0 unspecified atom stereocenters. The lowest BCUT2D eigenvalue weighted by Crippen LogP contribution is -2.02. The summed E-state index contributed by atoms with van der Waals surface area (Å²) in [6, 6.07) is 5.55. The van der Waals surface area contributed by atoms with Crippen LogP contribution in [0, 0.1) is 0 Å². The number of halogens is 1. The molecule has 2 aromatic heterocycles. The molecule has 21 heavy (non-hydrogen) atoms. The summed E-state index contributed by atoms with van der Waals surface area (Å²) in [6.07, 6.45) is 2.70. The zero-order chi connectivity index (χ0) is 15.0. The van der Waals surface area contributed by atoms with E-state index in [1.807, 2.05) is 38.4 Å². The zero-order valence-electron chi connectivity index (χ0n) is 11.7. The molecule has 3 rings (SSSR count). The lowest BCUT2D eigenvalue weighted by molar-refractivity contribution is 0.746. The third-order valence-electron chi connectivity index (χ3n) is 3.15. The molecule has 3 aromatic rings. The molecule has 0 aliphatic rings. The summed E-state index contributed by atoms with van der Waals surface area (Å²) in [5.74, 6) is 0.622. The van der Waals surface area contributed by atoms with Crippen molar-refractivity contribution >= 4 is 21.6 Å². The van der Waals surface area contributed by atoms with Crippen molar-refractivity contribution in [3.05, 3.63) is 34.6 Å². The monoisotopic (exact) mass is 347 g/mol. The highest BCUT2D eigenvalue weighted by atomic mass is 79.9. The van der Waals surface area contributed by atoms with Crippen LogP contribution in [-0.2, 0) is 13.5 Å². The highest BCUT2D eigenvalue weighted by Crippen LogP contribution is 2.30. The molecule has 108 valence electrons. The molecule has 8 heteroatoms. The third kappa shape index (κ3) is 2.42. The van der Waals surface area contributed by atoms with Gasteiger partial charge in [-0.3, -0.25) is 4.68 Å². The minimum atomic E-state index is 0.622. The number of aryl methyl sites for hydroxylation is 2. The summed E-state index contributed by atoms with van der Waals surface area (Å²) in [4.78, 5) is 0. The van der Waals surface area contributed by atoms with Gasteiger partial charge in [0.15, 0.2) is 5.82 Å². The quantitative estimate of drug-likeness (QED) is 0.731. The Morgan fingerprint density at radius 2 is 2.14 bits per heavy atom. The van der Waals surface area contributed by atoms with E-state index in [-0.39, 0.29) is 0 Å². The summed E-state index contributed by atoms with van der Waals surface area (Å²) >= 11 is 3.51. The fourth-order valence-electron chi connectivity index (χ4n) is 2.18. The van der Waals surface area contributed by atoms with Crippen molar-refractivity contribution in [2.75, 3.05) is 5.73 Å². The Kier molecular flexibility index (Phi) is 3.46. The highest BCUT2D eigenvalue weighted by molar-refractivity contribution is 9.10. The normalized spacial score (nSPS) is 11.0. The molecule has 0 radical (unpaired) electrons. The van der Waals surface area contributed by atoms with Gasteiger partial charge in [0.05, 0.1) is 11.9 Å². The van der Waals surface area contributed by atoms with Crippen LogP contribution in [0.1, 0.15) is 12.6 Å². The first-order chi connectivity index (χ1) is 10.1. The van der Waals surface area contributed by atoms with Crippen molar-refractivity contribution in [1.82, 2.24) is 30.0 Å². The Balaban J connectivity index is 2.19. The lowest BCUT2D eigenvalue weighted by atomic mass is 10.2. The molecule has 2 heterocycles. The van der Waals surface area contributed by atoms with E-state index >= 15 is 0 Å². The van der Waals surface area contributed by atoms with Crippen LogP contribution in [0.3, 0.4) is 0 Å². The van der Waals surface area contributed by atoms with Gasteiger partial charge in [0.25, 0.3) is 0 Å². The number of nitrogens with two attached hydrogens (primary N) is 1. The molecule has 7 nitrogen and oxygen atoms in total. The molecule has 0 atom stereocenters. The fraction of sp³-hybridized carbons (Fsp3) is 0.231. The summed E-state index contributed by atoms with van der Waals surface area (Å²) in [5, 5.41) is 16.4. The van der Waals surface area contributed by atoms with Gasteiger partial charge in [-0.2, -0.15) is 9.78 Å². The third-order valence-corrected chi connectivity index (χ3v) is 3.84. The van der Waals surface area contributed by atoms with Gasteiger partial charge in [0.1, 0.15) is 5.69 Å². The molecule has 1 aromatic carbocycles. The van der Waals surface area contributed by atoms with Crippen molar-refractivity contribution in [3.63, 3.8) is 0 Å². The molecule has 0 spiro atoms. The number of tetrazole rings is 1. The molecule has 0 aliphatic carbocycles. The molecular formula is C13H14BrN7. The smallest absolute Gasteiger partial charge is 0.188 e. The van der Waals surface area contributed by atoms with Gasteiger partial charge in [-0.05, 0) is 35.0 Å². The second-order valence-electron chi connectivity index (χ2n) is 4.64. The van der Waals surface area contributed by atoms with E-state index in [4.69, 9.17) is 5.73 Å². The molecule has 0 saturated carbocycles. The number of hydrogen-bond donors (Lipinski definition) is 1. The number of benzene rings is 1. The zero-order valence-corrected chi connectivity index (χ0v) is 13.2. The first-order valence-corrected chi connectivity index (χ1v) is 7.26. The van der Waals surface area contributed by atoms with E-state index < -0.39 is 0 Å². The summed E-state index contributed by atoms with van der Waals surface area (Å²) in [6.45, 7) is 2.05. The van der Waals surface area contributed by atoms with Gasteiger partial charge in [-0.15, -0.1) is 5.10 Å². The topological polar surface area (TPSA) is 87.4 Å². The van der Waals surface area contributed by atoms with Crippen LogP contribution < -0.4 is 5.73 Å². The van der Waals surface area contributed by atoms with Gasteiger partial charge < -0.3 is 5.73 Å². The van der Waals surface area contributed by atoms with Gasteiger partial charge in [-0.1, -0.05) is 22.9 Å². The number of nitrogens with zero attached hydrogens (tertiary/aromatic N) is 6. The Hall–Kier alpha value is -2.22. The first kappa shape index (κ1) is 13.7. The maximum Gasteiger partial charge on any atom is 0.188 e. The van der Waals surface area contributed by atoms with Crippen LogP contribution in [-0.4, -0.2) is 30.0 Å². The molecule has 0 amide bonds. The Bertz CT molecular complexity index is 790. The molecule has 0 fully saturated rings. The second kappa shape index (κ2) is 5.28. The summed E-state index contributed by atoms with van der Waals surface area (Å²) in [7, 11) is 1.88. The minimum Gasteiger partial charge on any atom is -0.399 e. The van der Waals surface area contributed by atoms with Crippen LogP contribution >= 0.6 is 15.9 Å². The van der Waals surface area contributed by atoms with Gasteiger partial charge in [0, 0.05) is 22.8 Å². The van der Waals surface area contributed by atoms with E-state index in [0.717, 1.165) is 27.8 Å². The van der Waals surface area contributed by atoms with E-state index in [0.29, 0.717) is 11.5 Å². The SMILES string of the molecule is CCc1nn(C)cc1-n1nnnc1-c1cc(N)ccc1Br. The predicted octanol–water partition coefficient (Wildman–Crippen LogP) is 1.97. The van der Waals surface area contributed by atoms with Crippen molar-refractivity contribution in [2.45, 2.75) is 13.3 Å². The Morgan fingerprint density at radius 1 is 1.33 bits per heavy atom. The summed E-state index contributed by atoms with van der Waals surface area (Å²) < 4.78 is 4.33. The number of anilines is 1. The minimum absolute atomic E-state index is 0.622. The van der Waals surface area contributed by atoms with E-state index in [9.17, 15) is 0 Å².